The van der Waals surface area contributed by atoms with Crippen LogP contribution < -0.4 is 11.1 Å². The minimum atomic E-state index is -0.292. The highest BCUT2D eigenvalue weighted by Crippen LogP contribution is 2.32. The van der Waals surface area contributed by atoms with Crippen molar-refractivity contribution in [2.75, 3.05) is 5.32 Å². The lowest BCUT2D eigenvalue weighted by atomic mass is 10.2. The van der Waals surface area contributed by atoms with Gasteiger partial charge in [-0.15, -0.1) is 0 Å². The number of hydrogen-bond donors (Lipinski definition) is 3. The lowest BCUT2D eigenvalue weighted by Gasteiger charge is -2.10. The quantitative estimate of drug-likeness (QED) is 0.552. The Hall–Kier alpha value is -1.26. The van der Waals surface area contributed by atoms with Crippen molar-refractivity contribution in [2.24, 2.45) is 5.73 Å². The Morgan fingerprint density at radius 1 is 1.47 bits per heavy atom. The van der Waals surface area contributed by atoms with Crippen LogP contribution in [0.2, 0.25) is 10.0 Å². The zero-order chi connectivity index (χ0) is 11.6. The van der Waals surface area contributed by atoms with Gasteiger partial charge in [0, 0.05) is 12.5 Å². The Bertz CT molecular complexity index is 432. The van der Waals surface area contributed by atoms with Gasteiger partial charge in [-0.1, -0.05) is 23.2 Å². The standard InChI is InChI=1S/C9H9Cl2N3O/c1-4(15)14-8-6(10)3-2-5(7(8)11)9(12)13/h2-3H,1H3,(H3,12,13)(H,14,15). The Labute approximate surface area is 96.9 Å². The van der Waals surface area contributed by atoms with Gasteiger partial charge in [-0.3, -0.25) is 10.2 Å². The van der Waals surface area contributed by atoms with Crippen LogP contribution in [0.1, 0.15) is 12.5 Å². The van der Waals surface area contributed by atoms with E-state index in [9.17, 15) is 4.79 Å². The molecule has 1 aromatic rings. The van der Waals surface area contributed by atoms with Crippen LogP contribution in [0.25, 0.3) is 0 Å². The number of rotatable bonds is 2. The van der Waals surface area contributed by atoms with E-state index in [4.69, 9.17) is 34.3 Å². The summed E-state index contributed by atoms with van der Waals surface area (Å²) in [4.78, 5) is 10.9. The van der Waals surface area contributed by atoms with E-state index < -0.39 is 0 Å². The number of amides is 1. The van der Waals surface area contributed by atoms with E-state index in [1.807, 2.05) is 0 Å². The summed E-state index contributed by atoms with van der Waals surface area (Å²) in [6.07, 6.45) is 0. The molecule has 0 saturated heterocycles. The number of anilines is 1. The van der Waals surface area contributed by atoms with Crippen LogP contribution in [0.5, 0.6) is 0 Å². The number of amidine groups is 1. The van der Waals surface area contributed by atoms with Gasteiger partial charge >= 0.3 is 0 Å². The van der Waals surface area contributed by atoms with Crippen LogP contribution in [-0.4, -0.2) is 11.7 Å². The highest BCUT2D eigenvalue weighted by molar-refractivity contribution is 6.41. The molecular formula is C9H9Cl2N3O. The van der Waals surface area contributed by atoms with Gasteiger partial charge in [0.05, 0.1) is 15.7 Å². The summed E-state index contributed by atoms with van der Waals surface area (Å²) < 4.78 is 0. The van der Waals surface area contributed by atoms with E-state index in [0.29, 0.717) is 10.6 Å². The highest BCUT2D eigenvalue weighted by Gasteiger charge is 2.13. The monoisotopic (exact) mass is 245 g/mol. The summed E-state index contributed by atoms with van der Waals surface area (Å²) >= 11 is 11.8. The fourth-order valence-electron chi connectivity index (χ4n) is 1.05. The topological polar surface area (TPSA) is 79.0 Å². The summed E-state index contributed by atoms with van der Waals surface area (Å²) in [6.45, 7) is 1.34. The Morgan fingerprint density at radius 2 is 2.07 bits per heavy atom. The van der Waals surface area contributed by atoms with Crippen LogP contribution >= 0.6 is 23.2 Å². The number of halogens is 2. The third-order valence-electron chi connectivity index (χ3n) is 1.68. The van der Waals surface area contributed by atoms with Crippen molar-refractivity contribution in [3.05, 3.63) is 27.7 Å². The summed E-state index contributed by atoms with van der Waals surface area (Å²) in [5.74, 6) is -0.470. The largest absolute Gasteiger partial charge is 0.384 e. The number of nitrogens with two attached hydrogens (primary N) is 1. The zero-order valence-electron chi connectivity index (χ0n) is 7.90. The summed E-state index contributed by atoms with van der Waals surface area (Å²) in [6, 6.07) is 3.05. The number of carbonyl (C=O) groups excluding carboxylic acids is 1. The molecule has 0 atom stereocenters. The fraction of sp³-hybridized carbons (Fsp3) is 0.111. The lowest BCUT2D eigenvalue weighted by molar-refractivity contribution is -0.114. The first-order chi connectivity index (χ1) is 6.93. The average Bonchev–Trinajstić information content (AvgIpc) is 2.11. The second-order valence-electron chi connectivity index (χ2n) is 2.88. The van der Waals surface area contributed by atoms with E-state index in [1.165, 1.54) is 19.1 Å². The van der Waals surface area contributed by atoms with Gasteiger partial charge in [0.25, 0.3) is 0 Å². The van der Waals surface area contributed by atoms with Crippen molar-refractivity contribution >= 4 is 40.6 Å². The van der Waals surface area contributed by atoms with Crippen LogP contribution in [0.3, 0.4) is 0 Å². The predicted octanol–water partition coefficient (Wildman–Crippen LogP) is 2.24. The van der Waals surface area contributed by atoms with Gasteiger partial charge in [-0.25, -0.2) is 0 Å². The number of hydrogen-bond acceptors (Lipinski definition) is 2. The van der Waals surface area contributed by atoms with Crippen molar-refractivity contribution in [1.29, 1.82) is 5.41 Å². The molecule has 15 heavy (non-hydrogen) atoms. The Balaban J connectivity index is 3.29. The van der Waals surface area contributed by atoms with Crippen LogP contribution in [0.4, 0.5) is 5.69 Å². The SMILES string of the molecule is CC(=O)Nc1c(Cl)ccc(C(=N)N)c1Cl. The van der Waals surface area contributed by atoms with E-state index in [1.54, 1.807) is 0 Å². The second kappa shape index (κ2) is 4.51. The first kappa shape index (κ1) is 11.8. The number of nitrogens with one attached hydrogen (secondary N) is 2. The van der Waals surface area contributed by atoms with Gasteiger partial charge in [0.2, 0.25) is 5.91 Å². The van der Waals surface area contributed by atoms with Crippen LogP contribution in [0.15, 0.2) is 12.1 Å². The Morgan fingerprint density at radius 3 is 2.53 bits per heavy atom. The van der Waals surface area contributed by atoms with Crippen molar-refractivity contribution < 1.29 is 4.79 Å². The van der Waals surface area contributed by atoms with Crippen molar-refractivity contribution in [3.63, 3.8) is 0 Å². The number of benzene rings is 1. The number of nitrogen functional groups attached to an aromatic ring is 1. The van der Waals surface area contributed by atoms with Gasteiger partial charge in [-0.05, 0) is 12.1 Å². The first-order valence-electron chi connectivity index (χ1n) is 4.03. The molecule has 6 heteroatoms. The smallest absolute Gasteiger partial charge is 0.221 e. The summed E-state index contributed by atoms with van der Waals surface area (Å²) in [5.41, 5.74) is 5.92. The first-order valence-corrected chi connectivity index (χ1v) is 4.79. The minimum absolute atomic E-state index is 0.171. The van der Waals surface area contributed by atoms with Gasteiger partial charge in [0.15, 0.2) is 0 Å². The predicted molar refractivity (Wildman–Crippen MR) is 61.8 cm³/mol. The molecule has 1 amide bonds. The molecule has 0 radical (unpaired) electrons. The van der Waals surface area contributed by atoms with E-state index in [-0.39, 0.29) is 22.5 Å². The maximum atomic E-state index is 10.9. The molecule has 1 rings (SSSR count). The molecule has 1 aromatic carbocycles. The summed E-state index contributed by atoms with van der Waals surface area (Å²) in [7, 11) is 0. The van der Waals surface area contributed by atoms with Gasteiger partial charge in [0.1, 0.15) is 5.84 Å². The maximum absolute atomic E-state index is 10.9. The van der Waals surface area contributed by atoms with Crippen molar-refractivity contribution in [2.45, 2.75) is 6.92 Å². The van der Waals surface area contributed by atoms with Gasteiger partial charge in [-0.2, -0.15) is 0 Å². The van der Waals surface area contributed by atoms with E-state index in [0.717, 1.165) is 0 Å². The van der Waals surface area contributed by atoms with Crippen LogP contribution in [-0.2, 0) is 4.79 Å². The molecule has 0 aliphatic rings. The molecule has 0 unspecified atom stereocenters. The van der Waals surface area contributed by atoms with Crippen molar-refractivity contribution in [3.8, 4) is 0 Å². The summed E-state index contributed by atoms with van der Waals surface area (Å²) in [5, 5.41) is 10.2. The second-order valence-corrected chi connectivity index (χ2v) is 3.66. The molecule has 0 saturated carbocycles. The zero-order valence-corrected chi connectivity index (χ0v) is 9.41. The third-order valence-corrected chi connectivity index (χ3v) is 2.39. The molecule has 0 heterocycles. The Kier molecular flexibility index (Phi) is 3.55. The fourth-order valence-corrected chi connectivity index (χ4v) is 1.62. The molecule has 4 nitrogen and oxygen atoms in total. The molecule has 0 aliphatic heterocycles. The lowest BCUT2D eigenvalue weighted by Crippen LogP contribution is -2.14. The molecule has 0 aliphatic carbocycles. The molecule has 0 aromatic heterocycles. The van der Waals surface area contributed by atoms with Crippen LogP contribution in [0, 0.1) is 5.41 Å². The third kappa shape index (κ3) is 2.61. The van der Waals surface area contributed by atoms with E-state index >= 15 is 0 Å². The van der Waals surface area contributed by atoms with Gasteiger partial charge < -0.3 is 11.1 Å². The maximum Gasteiger partial charge on any atom is 0.221 e. The van der Waals surface area contributed by atoms with E-state index in [2.05, 4.69) is 5.32 Å². The molecule has 4 N–H and O–H groups in total. The number of carbonyl (C=O) groups is 1. The minimum Gasteiger partial charge on any atom is -0.384 e. The molecule has 0 bridgehead atoms. The molecular weight excluding hydrogens is 237 g/mol. The molecule has 0 fully saturated rings. The average molecular weight is 246 g/mol. The normalized spacial score (nSPS) is 9.80. The molecule has 80 valence electrons. The van der Waals surface area contributed by atoms with Crippen molar-refractivity contribution in [1.82, 2.24) is 0 Å². The highest BCUT2D eigenvalue weighted by atomic mass is 35.5. The molecule has 0 spiro atoms.